The second-order valence-corrected chi connectivity index (χ2v) is 6.71. The van der Waals surface area contributed by atoms with Gasteiger partial charge in [-0.1, -0.05) is 24.3 Å². The van der Waals surface area contributed by atoms with Gasteiger partial charge in [0.05, 0.1) is 6.04 Å². The van der Waals surface area contributed by atoms with Gasteiger partial charge < -0.3 is 5.73 Å². The number of rotatable bonds is 2. The van der Waals surface area contributed by atoms with Gasteiger partial charge >= 0.3 is 0 Å². The molecule has 1 atom stereocenters. The summed E-state index contributed by atoms with van der Waals surface area (Å²) < 4.78 is 1.27. The molecule has 106 valence electrons. The van der Waals surface area contributed by atoms with Crippen LogP contribution in [0, 0.1) is 38.2 Å². The third kappa shape index (κ3) is 2.63. The lowest BCUT2D eigenvalue weighted by molar-refractivity contribution is 0.838. The third-order valence-corrected chi connectivity index (χ3v) is 5.77. The summed E-state index contributed by atoms with van der Waals surface area (Å²) in [5.74, 6) is 0. The van der Waals surface area contributed by atoms with E-state index in [-0.39, 0.29) is 6.04 Å². The Morgan fingerprint density at radius 1 is 0.900 bits per heavy atom. The van der Waals surface area contributed by atoms with Crippen LogP contribution < -0.4 is 5.73 Å². The fourth-order valence-corrected chi connectivity index (χ4v) is 3.47. The van der Waals surface area contributed by atoms with E-state index >= 15 is 0 Å². The van der Waals surface area contributed by atoms with E-state index in [9.17, 15) is 0 Å². The van der Waals surface area contributed by atoms with Crippen LogP contribution in [0.5, 0.6) is 0 Å². The SMILES string of the molecule is Cc1cc(C)c(C)c(C(N)c2cccc(C)c2I)c1C. The predicted octanol–water partition coefficient (Wildman–Crippen LogP) is 4.88. The summed E-state index contributed by atoms with van der Waals surface area (Å²) in [6.45, 7) is 10.8. The quantitative estimate of drug-likeness (QED) is 0.740. The van der Waals surface area contributed by atoms with Crippen LogP contribution in [0.4, 0.5) is 0 Å². The summed E-state index contributed by atoms with van der Waals surface area (Å²) in [5.41, 5.74) is 15.7. The molecule has 0 aliphatic heterocycles. The molecule has 0 aliphatic carbocycles. The van der Waals surface area contributed by atoms with Crippen molar-refractivity contribution in [3.63, 3.8) is 0 Å². The first-order valence-electron chi connectivity index (χ1n) is 6.92. The van der Waals surface area contributed by atoms with Gasteiger partial charge in [-0.2, -0.15) is 0 Å². The molecule has 2 heteroatoms. The average Bonchev–Trinajstić information content (AvgIpc) is 2.40. The van der Waals surface area contributed by atoms with E-state index in [0.717, 1.165) is 0 Å². The van der Waals surface area contributed by atoms with Crippen LogP contribution in [-0.4, -0.2) is 0 Å². The number of benzene rings is 2. The molecule has 0 aromatic heterocycles. The summed E-state index contributed by atoms with van der Waals surface area (Å²) in [6, 6.07) is 8.58. The molecule has 0 radical (unpaired) electrons. The lowest BCUT2D eigenvalue weighted by Gasteiger charge is -2.23. The first kappa shape index (κ1) is 15.5. The normalized spacial score (nSPS) is 12.6. The molecule has 0 amide bonds. The van der Waals surface area contributed by atoms with Crippen LogP contribution in [-0.2, 0) is 0 Å². The van der Waals surface area contributed by atoms with Crippen molar-refractivity contribution in [2.45, 2.75) is 40.7 Å². The molecule has 0 heterocycles. The number of aryl methyl sites for hydroxylation is 3. The number of hydrogen-bond donors (Lipinski definition) is 1. The number of nitrogens with two attached hydrogens (primary N) is 1. The predicted molar refractivity (Wildman–Crippen MR) is 95.3 cm³/mol. The maximum absolute atomic E-state index is 6.62. The summed E-state index contributed by atoms with van der Waals surface area (Å²) in [5, 5.41) is 0. The summed E-state index contributed by atoms with van der Waals surface area (Å²) in [4.78, 5) is 0. The largest absolute Gasteiger partial charge is 0.320 e. The summed E-state index contributed by atoms with van der Waals surface area (Å²) in [7, 11) is 0. The van der Waals surface area contributed by atoms with Gasteiger partial charge in [0.2, 0.25) is 0 Å². The van der Waals surface area contributed by atoms with Crippen molar-refractivity contribution < 1.29 is 0 Å². The molecule has 1 nitrogen and oxygen atoms in total. The van der Waals surface area contributed by atoms with E-state index in [1.165, 1.54) is 42.5 Å². The van der Waals surface area contributed by atoms with E-state index < -0.39 is 0 Å². The Kier molecular flexibility index (Phi) is 4.55. The molecule has 0 aliphatic rings. The highest BCUT2D eigenvalue weighted by molar-refractivity contribution is 14.1. The first-order chi connectivity index (χ1) is 9.34. The highest BCUT2D eigenvalue weighted by Crippen LogP contribution is 2.32. The van der Waals surface area contributed by atoms with Gasteiger partial charge in [-0.3, -0.25) is 0 Å². The molecule has 0 saturated heterocycles. The second kappa shape index (κ2) is 5.86. The molecule has 0 bridgehead atoms. The van der Waals surface area contributed by atoms with Crippen molar-refractivity contribution in [3.05, 3.63) is 66.8 Å². The van der Waals surface area contributed by atoms with Crippen LogP contribution in [0.1, 0.15) is 45.0 Å². The first-order valence-corrected chi connectivity index (χ1v) is 8.00. The Morgan fingerprint density at radius 3 is 2.00 bits per heavy atom. The van der Waals surface area contributed by atoms with Gasteiger partial charge in [-0.15, -0.1) is 0 Å². The van der Waals surface area contributed by atoms with Gasteiger partial charge in [0.25, 0.3) is 0 Å². The van der Waals surface area contributed by atoms with Crippen molar-refractivity contribution in [1.29, 1.82) is 0 Å². The number of hydrogen-bond acceptors (Lipinski definition) is 1. The van der Waals surface area contributed by atoms with Crippen LogP contribution in [0.15, 0.2) is 24.3 Å². The summed E-state index contributed by atoms with van der Waals surface area (Å²) >= 11 is 2.41. The molecular formula is C18H22IN. The van der Waals surface area contributed by atoms with Gasteiger partial charge in [0, 0.05) is 3.57 Å². The highest BCUT2D eigenvalue weighted by atomic mass is 127. The van der Waals surface area contributed by atoms with Crippen LogP contribution in [0.2, 0.25) is 0 Å². The third-order valence-electron chi connectivity index (χ3n) is 4.29. The molecule has 20 heavy (non-hydrogen) atoms. The Hall–Kier alpha value is -0.870. The Morgan fingerprint density at radius 2 is 1.45 bits per heavy atom. The fraction of sp³-hybridized carbons (Fsp3) is 0.333. The standard InChI is InChI=1S/C18H22IN/c1-10-7-6-8-15(17(10)19)18(20)16-13(4)11(2)9-12(3)14(16)5/h6-9,18H,20H2,1-5H3. The Balaban J connectivity index is 2.65. The van der Waals surface area contributed by atoms with Crippen molar-refractivity contribution in [3.8, 4) is 0 Å². The highest BCUT2D eigenvalue weighted by Gasteiger charge is 2.19. The van der Waals surface area contributed by atoms with Gasteiger partial charge in [-0.25, -0.2) is 0 Å². The van der Waals surface area contributed by atoms with Gasteiger partial charge in [0.15, 0.2) is 0 Å². The Labute approximate surface area is 135 Å². The monoisotopic (exact) mass is 379 g/mol. The van der Waals surface area contributed by atoms with Crippen LogP contribution >= 0.6 is 22.6 Å². The second-order valence-electron chi connectivity index (χ2n) is 5.63. The zero-order valence-electron chi connectivity index (χ0n) is 12.8. The van der Waals surface area contributed by atoms with Crippen molar-refractivity contribution >= 4 is 22.6 Å². The number of halogens is 1. The molecule has 2 rings (SSSR count). The zero-order chi connectivity index (χ0) is 15.0. The minimum absolute atomic E-state index is 0.0552. The van der Waals surface area contributed by atoms with Crippen molar-refractivity contribution in [2.75, 3.05) is 0 Å². The maximum atomic E-state index is 6.62. The smallest absolute Gasteiger partial charge is 0.0567 e. The van der Waals surface area contributed by atoms with E-state index in [2.05, 4.69) is 81.5 Å². The van der Waals surface area contributed by atoms with E-state index in [1.807, 2.05) is 0 Å². The molecule has 2 aromatic rings. The van der Waals surface area contributed by atoms with Crippen LogP contribution in [0.25, 0.3) is 0 Å². The van der Waals surface area contributed by atoms with Crippen molar-refractivity contribution in [2.24, 2.45) is 5.73 Å². The van der Waals surface area contributed by atoms with Gasteiger partial charge in [-0.05, 0) is 96.2 Å². The Bertz CT molecular complexity index is 633. The molecular weight excluding hydrogens is 357 g/mol. The van der Waals surface area contributed by atoms with E-state index in [1.54, 1.807) is 0 Å². The minimum atomic E-state index is -0.0552. The summed E-state index contributed by atoms with van der Waals surface area (Å²) in [6.07, 6.45) is 0. The average molecular weight is 379 g/mol. The molecule has 0 saturated carbocycles. The minimum Gasteiger partial charge on any atom is -0.320 e. The molecule has 2 aromatic carbocycles. The topological polar surface area (TPSA) is 26.0 Å². The van der Waals surface area contributed by atoms with E-state index in [4.69, 9.17) is 5.73 Å². The molecule has 0 fully saturated rings. The molecule has 0 spiro atoms. The van der Waals surface area contributed by atoms with Gasteiger partial charge in [0.1, 0.15) is 0 Å². The van der Waals surface area contributed by atoms with Crippen LogP contribution in [0.3, 0.4) is 0 Å². The molecule has 2 N–H and O–H groups in total. The van der Waals surface area contributed by atoms with Crippen molar-refractivity contribution in [1.82, 2.24) is 0 Å². The molecule has 1 unspecified atom stereocenters. The van der Waals surface area contributed by atoms with E-state index in [0.29, 0.717) is 0 Å². The maximum Gasteiger partial charge on any atom is 0.0567 e. The lowest BCUT2D eigenvalue weighted by atomic mass is 9.87. The zero-order valence-corrected chi connectivity index (χ0v) is 15.0. The fourth-order valence-electron chi connectivity index (χ4n) is 2.78. The lowest BCUT2D eigenvalue weighted by Crippen LogP contribution is -2.17.